The standard InChI is InChI=1S/C14H17ClN2O4/c1-2-10-8-21-6-5-17(10)14(20)16-9-3-4-11(13(18)19)12(15)7-9/h3-4,7,10H,2,5-6,8H2,1H3,(H,16,20)(H,18,19). The summed E-state index contributed by atoms with van der Waals surface area (Å²) in [7, 11) is 0. The molecule has 0 aromatic heterocycles. The molecule has 0 aliphatic carbocycles. The van der Waals surface area contributed by atoms with E-state index in [1.165, 1.54) is 18.2 Å². The number of aromatic carboxylic acids is 1. The first-order chi connectivity index (χ1) is 10.0. The third kappa shape index (κ3) is 3.65. The Morgan fingerprint density at radius 1 is 1.52 bits per heavy atom. The van der Waals surface area contributed by atoms with Crippen LogP contribution in [0.15, 0.2) is 18.2 Å². The van der Waals surface area contributed by atoms with Gasteiger partial charge in [0, 0.05) is 12.2 Å². The number of rotatable bonds is 3. The Bertz CT molecular complexity index is 550. The van der Waals surface area contributed by atoms with Crippen LogP contribution in [-0.4, -0.2) is 47.8 Å². The number of carboxylic acids is 1. The molecule has 114 valence electrons. The molecular formula is C14H17ClN2O4. The number of nitrogens with one attached hydrogen (secondary N) is 1. The molecule has 1 aromatic carbocycles. The second-order valence-corrected chi connectivity index (χ2v) is 5.17. The fraction of sp³-hybridized carbons (Fsp3) is 0.429. The van der Waals surface area contributed by atoms with Crippen LogP contribution in [0.1, 0.15) is 23.7 Å². The maximum absolute atomic E-state index is 12.3. The Labute approximate surface area is 127 Å². The van der Waals surface area contributed by atoms with E-state index in [1.807, 2.05) is 6.92 Å². The minimum Gasteiger partial charge on any atom is -0.478 e. The molecule has 1 aliphatic rings. The van der Waals surface area contributed by atoms with Gasteiger partial charge in [0.15, 0.2) is 0 Å². The molecule has 1 saturated heterocycles. The predicted octanol–water partition coefficient (Wildman–Crippen LogP) is 2.68. The molecule has 6 nitrogen and oxygen atoms in total. The SMILES string of the molecule is CCC1COCCN1C(=O)Nc1ccc(C(=O)O)c(Cl)c1. The zero-order chi connectivity index (χ0) is 15.4. The highest BCUT2D eigenvalue weighted by Gasteiger charge is 2.26. The van der Waals surface area contributed by atoms with Crippen LogP contribution in [0, 0.1) is 0 Å². The van der Waals surface area contributed by atoms with Gasteiger partial charge >= 0.3 is 12.0 Å². The van der Waals surface area contributed by atoms with Crippen molar-refractivity contribution in [2.24, 2.45) is 0 Å². The van der Waals surface area contributed by atoms with E-state index in [2.05, 4.69) is 5.32 Å². The van der Waals surface area contributed by atoms with E-state index in [0.29, 0.717) is 25.4 Å². The Balaban J connectivity index is 2.08. The summed E-state index contributed by atoms with van der Waals surface area (Å²) >= 11 is 5.88. The average molecular weight is 313 g/mol. The highest BCUT2D eigenvalue weighted by molar-refractivity contribution is 6.33. The van der Waals surface area contributed by atoms with Crippen molar-refractivity contribution in [2.75, 3.05) is 25.1 Å². The molecule has 1 atom stereocenters. The van der Waals surface area contributed by atoms with E-state index < -0.39 is 5.97 Å². The molecule has 1 aromatic rings. The van der Waals surface area contributed by atoms with Crippen molar-refractivity contribution in [3.8, 4) is 0 Å². The Morgan fingerprint density at radius 3 is 2.90 bits per heavy atom. The maximum atomic E-state index is 12.3. The van der Waals surface area contributed by atoms with Gasteiger partial charge in [-0.3, -0.25) is 0 Å². The summed E-state index contributed by atoms with van der Waals surface area (Å²) in [6.07, 6.45) is 0.812. The van der Waals surface area contributed by atoms with Crippen LogP contribution in [0.2, 0.25) is 5.02 Å². The van der Waals surface area contributed by atoms with Crippen LogP contribution in [0.5, 0.6) is 0 Å². The molecule has 2 N–H and O–H groups in total. The zero-order valence-corrected chi connectivity index (χ0v) is 12.4. The number of carbonyl (C=O) groups excluding carboxylic acids is 1. The number of carbonyl (C=O) groups is 2. The van der Waals surface area contributed by atoms with Crippen molar-refractivity contribution < 1.29 is 19.4 Å². The van der Waals surface area contributed by atoms with Gasteiger partial charge in [-0.1, -0.05) is 18.5 Å². The quantitative estimate of drug-likeness (QED) is 0.899. The predicted molar refractivity (Wildman–Crippen MR) is 79.0 cm³/mol. The lowest BCUT2D eigenvalue weighted by Gasteiger charge is -2.35. The van der Waals surface area contributed by atoms with Gasteiger partial charge in [0.1, 0.15) is 0 Å². The van der Waals surface area contributed by atoms with E-state index in [4.69, 9.17) is 21.4 Å². The third-order valence-corrected chi connectivity index (χ3v) is 3.72. The number of anilines is 1. The summed E-state index contributed by atoms with van der Waals surface area (Å²) < 4.78 is 5.36. The molecule has 2 rings (SSSR count). The van der Waals surface area contributed by atoms with Crippen LogP contribution in [-0.2, 0) is 4.74 Å². The number of hydrogen-bond donors (Lipinski definition) is 2. The largest absolute Gasteiger partial charge is 0.478 e. The number of halogens is 1. The first-order valence-electron chi connectivity index (χ1n) is 6.71. The molecule has 7 heteroatoms. The highest BCUT2D eigenvalue weighted by Crippen LogP contribution is 2.22. The van der Waals surface area contributed by atoms with Crippen LogP contribution >= 0.6 is 11.6 Å². The molecule has 1 unspecified atom stereocenters. The number of nitrogens with zero attached hydrogens (tertiary/aromatic N) is 1. The number of benzene rings is 1. The zero-order valence-electron chi connectivity index (χ0n) is 11.6. The Kier molecular flexibility index (Phi) is 5.03. The van der Waals surface area contributed by atoms with Gasteiger partial charge < -0.3 is 20.1 Å². The number of hydrogen-bond acceptors (Lipinski definition) is 3. The first-order valence-corrected chi connectivity index (χ1v) is 7.09. The molecule has 1 fully saturated rings. The van der Waals surface area contributed by atoms with Crippen molar-refractivity contribution in [3.63, 3.8) is 0 Å². The minimum atomic E-state index is -1.10. The molecule has 21 heavy (non-hydrogen) atoms. The number of carboxylic acid groups (broad SMARTS) is 1. The van der Waals surface area contributed by atoms with Gasteiger partial charge in [-0.05, 0) is 24.6 Å². The van der Waals surface area contributed by atoms with Crippen molar-refractivity contribution in [1.29, 1.82) is 0 Å². The summed E-state index contributed by atoms with van der Waals surface area (Å²) in [4.78, 5) is 24.9. The molecule has 0 saturated carbocycles. The van der Waals surface area contributed by atoms with Crippen LogP contribution in [0.25, 0.3) is 0 Å². The maximum Gasteiger partial charge on any atom is 0.337 e. The van der Waals surface area contributed by atoms with E-state index in [0.717, 1.165) is 6.42 Å². The lowest BCUT2D eigenvalue weighted by atomic mass is 10.2. The highest BCUT2D eigenvalue weighted by atomic mass is 35.5. The Hall–Kier alpha value is -1.79. The molecule has 1 heterocycles. The second kappa shape index (κ2) is 6.78. The molecule has 2 amide bonds. The summed E-state index contributed by atoms with van der Waals surface area (Å²) in [5, 5.41) is 11.7. The summed E-state index contributed by atoms with van der Waals surface area (Å²) in [5.74, 6) is -1.10. The number of urea groups is 1. The summed E-state index contributed by atoms with van der Waals surface area (Å²) in [6.45, 7) is 3.58. The van der Waals surface area contributed by atoms with Crippen LogP contribution in [0.4, 0.5) is 10.5 Å². The molecule has 1 aliphatic heterocycles. The van der Waals surface area contributed by atoms with Crippen LogP contribution in [0.3, 0.4) is 0 Å². The number of amides is 2. The van der Waals surface area contributed by atoms with Gasteiger partial charge in [0.2, 0.25) is 0 Å². The molecule has 0 spiro atoms. The molecule has 0 bridgehead atoms. The summed E-state index contributed by atoms with van der Waals surface area (Å²) in [5.41, 5.74) is 0.476. The summed E-state index contributed by atoms with van der Waals surface area (Å²) in [6, 6.07) is 4.15. The Morgan fingerprint density at radius 2 is 2.29 bits per heavy atom. The van der Waals surface area contributed by atoms with Gasteiger partial charge in [0.05, 0.1) is 29.8 Å². The van der Waals surface area contributed by atoms with Gasteiger partial charge in [0.25, 0.3) is 0 Å². The van der Waals surface area contributed by atoms with Crippen molar-refractivity contribution in [3.05, 3.63) is 28.8 Å². The van der Waals surface area contributed by atoms with E-state index in [1.54, 1.807) is 4.90 Å². The fourth-order valence-electron chi connectivity index (χ4n) is 2.22. The fourth-order valence-corrected chi connectivity index (χ4v) is 2.48. The van der Waals surface area contributed by atoms with Crippen molar-refractivity contribution >= 4 is 29.3 Å². The lowest BCUT2D eigenvalue weighted by Crippen LogP contribution is -2.50. The van der Waals surface area contributed by atoms with Crippen LogP contribution < -0.4 is 5.32 Å². The van der Waals surface area contributed by atoms with Gasteiger partial charge in [-0.25, -0.2) is 9.59 Å². The number of morpholine rings is 1. The third-order valence-electron chi connectivity index (χ3n) is 3.41. The lowest BCUT2D eigenvalue weighted by molar-refractivity contribution is 0.0144. The van der Waals surface area contributed by atoms with Gasteiger partial charge in [-0.15, -0.1) is 0 Å². The smallest absolute Gasteiger partial charge is 0.337 e. The normalized spacial score (nSPS) is 18.4. The van der Waals surface area contributed by atoms with Crippen molar-refractivity contribution in [1.82, 2.24) is 4.90 Å². The first kappa shape index (κ1) is 15.6. The monoisotopic (exact) mass is 312 g/mol. The van der Waals surface area contributed by atoms with E-state index >= 15 is 0 Å². The molecular weight excluding hydrogens is 296 g/mol. The average Bonchev–Trinajstić information content (AvgIpc) is 2.46. The topological polar surface area (TPSA) is 78.9 Å². The minimum absolute atomic E-state index is 0.00692. The van der Waals surface area contributed by atoms with E-state index in [9.17, 15) is 9.59 Å². The van der Waals surface area contributed by atoms with E-state index in [-0.39, 0.29) is 22.7 Å². The number of ether oxygens (including phenoxy) is 1. The van der Waals surface area contributed by atoms with Gasteiger partial charge in [-0.2, -0.15) is 0 Å². The molecule has 0 radical (unpaired) electrons. The van der Waals surface area contributed by atoms with Crippen molar-refractivity contribution in [2.45, 2.75) is 19.4 Å². The second-order valence-electron chi connectivity index (χ2n) is 4.76.